The van der Waals surface area contributed by atoms with Crippen LogP contribution in [-0.4, -0.2) is 0 Å². The summed E-state index contributed by atoms with van der Waals surface area (Å²) in [4.78, 5) is 0. The van der Waals surface area contributed by atoms with E-state index < -0.39 is 40.8 Å². The molecule has 2 aromatic rings. The molecule has 0 radical (unpaired) electrons. The molecule has 0 aromatic heterocycles. The Morgan fingerprint density at radius 2 is 1.33 bits per heavy atom. The van der Waals surface area contributed by atoms with Crippen molar-refractivity contribution in [3.05, 3.63) is 64.7 Å². The standard InChI is InChI=1S/C25H27F7O/c1-2-3-16-4-6-17(7-5-16)8-9-18-10-12-19(13-11-18)25(31,32)33-20-14-21(26)23(22(27)15-20)24(28,29)30/h10-17H,2-9H2,1H3. The van der Waals surface area contributed by atoms with Gasteiger partial charge in [-0.1, -0.05) is 57.6 Å². The lowest BCUT2D eigenvalue weighted by Crippen LogP contribution is -2.22. The Hall–Kier alpha value is -2.25. The molecule has 8 heteroatoms. The van der Waals surface area contributed by atoms with Crippen LogP contribution in [0.4, 0.5) is 30.7 Å². The van der Waals surface area contributed by atoms with Crippen molar-refractivity contribution >= 4 is 0 Å². The predicted molar refractivity (Wildman–Crippen MR) is 111 cm³/mol. The molecule has 1 saturated carbocycles. The van der Waals surface area contributed by atoms with Crippen molar-refractivity contribution in [2.24, 2.45) is 11.8 Å². The van der Waals surface area contributed by atoms with Crippen LogP contribution in [-0.2, 0) is 18.7 Å². The maximum Gasteiger partial charge on any atom is 0.426 e. The number of hydrogen-bond acceptors (Lipinski definition) is 1. The summed E-state index contributed by atoms with van der Waals surface area (Å²) < 4.78 is 98.5. The smallest absolute Gasteiger partial charge is 0.426 e. The molecule has 0 amide bonds. The number of ether oxygens (including phenoxy) is 1. The van der Waals surface area contributed by atoms with Crippen molar-refractivity contribution in [1.82, 2.24) is 0 Å². The summed E-state index contributed by atoms with van der Waals surface area (Å²) in [6, 6.07) is 5.61. The van der Waals surface area contributed by atoms with E-state index in [4.69, 9.17) is 0 Å². The van der Waals surface area contributed by atoms with E-state index in [9.17, 15) is 30.7 Å². The minimum absolute atomic E-state index is 0.101. The van der Waals surface area contributed by atoms with Gasteiger partial charge in [0.2, 0.25) is 0 Å². The quantitative estimate of drug-likeness (QED) is 0.347. The SMILES string of the molecule is CCCC1CCC(CCc2ccc(C(F)(F)Oc3cc(F)c(C(F)(F)F)c(F)c3)cc2)CC1. The molecule has 0 spiro atoms. The van der Waals surface area contributed by atoms with E-state index in [1.54, 1.807) is 12.1 Å². The molecule has 1 fully saturated rings. The molecule has 2 aromatic carbocycles. The van der Waals surface area contributed by atoms with E-state index in [1.807, 2.05) is 0 Å². The van der Waals surface area contributed by atoms with Crippen LogP contribution in [0, 0.1) is 23.5 Å². The van der Waals surface area contributed by atoms with Crippen LogP contribution in [0.5, 0.6) is 5.75 Å². The molecule has 0 heterocycles. The van der Waals surface area contributed by atoms with Crippen LogP contribution in [0.1, 0.15) is 68.6 Å². The van der Waals surface area contributed by atoms with Crippen LogP contribution in [0.3, 0.4) is 0 Å². The zero-order valence-corrected chi connectivity index (χ0v) is 18.3. The molecule has 1 aliphatic rings. The Labute approximate surface area is 188 Å². The van der Waals surface area contributed by atoms with E-state index in [0.29, 0.717) is 5.92 Å². The minimum atomic E-state index is -5.29. The summed E-state index contributed by atoms with van der Waals surface area (Å²) in [7, 11) is 0. The molecule has 0 atom stereocenters. The fourth-order valence-electron chi connectivity index (χ4n) is 4.54. The van der Waals surface area contributed by atoms with Gasteiger partial charge in [0.15, 0.2) is 0 Å². The molecule has 182 valence electrons. The van der Waals surface area contributed by atoms with Gasteiger partial charge in [-0.15, -0.1) is 0 Å². The van der Waals surface area contributed by atoms with E-state index in [-0.39, 0.29) is 12.1 Å². The van der Waals surface area contributed by atoms with Gasteiger partial charge in [-0.2, -0.15) is 22.0 Å². The lowest BCUT2D eigenvalue weighted by Gasteiger charge is -2.28. The summed E-state index contributed by atoms with van der Waals surface area (Å²) in [5.41, 5.74) is -1.83. The molecule has 1 nitrogen and oxygen atoms in total. The first kappa shape index (κ1) is 25.4. The summed E-state index contributed by atoms with van der Waals surface area (Å²) in [5.74, 6) is -3.63. The lowest BCUT2D eigenvalue weighted by atomic mass is 9.78. The first-order chi connectivity index (χ1) is 15.5. The normalized spacial score (nSPS) is 19.5. The molecule has 0 saturated heterocycles. The third-order valence-electron chi connectivity index (χ3n) is 6.34. The molecule has 0 unspecified atom stereocenters. The van der Waals surface area contributed by atoms with E-state index in [0.717, 1.165) is 36.5 Å². The first-order valence-electron chi connectivity index (χ1n) is 11.2. The van der Waals surface area contributed by atoms with Gasteiger partial charge in [0, 0.05) is 12.1 Å². The molecule has 33 heavy (non-hydrogen) atoms. The van der Waals surface area contributed by atoms with Gasteiger partial charge in [0.1, 0.15) is 22.9 Å². The largest absolute Gasteiger partial charge is 0.429 e. The zero-order valence-electron chi connectivity index (χ0n) is 18.3. The number of alkyl halides is 5. The summed E-state index contributed by atoms with van der Waals surface area (Å²) in [5, 5.41) is 0. The van der Waals surface area contributed by atoms with Crippen molar-refractivity contribution < 1.29 is 35.5 Å². The Kier molecular flexibility index (Phi) is 7.96. The number of benzene rings is 2. The van der Waals surface area contributed by atoms with Crippen molar-refractivity contribution in [2.45, 2.75) is 70.6 Å². The summed E-state index contributed by atoms with van der Waals surface area (Å²) >= 11 is 0. The highest BCUT2D eigenvalue weighted by Crippen LogP contribution is 2.38. The van der Waals surface area contributed by atoms with Crippen LogP contribution in [0.25, 0.3) is 0 Å². The van der Waals surface area contributed by atoms with Gasteiger partial charge in [-0.25, -0.2) is 8.78 Å². The Morgan fingerprint density at radius 3 is 1.82 bits per heavy atom. The second kappa shape index (κ2) is 10.3. The topological polar surface area (TPSA) is 9.23 Å². The highest BCUT2D eigenvalue weighted by molar-refractivity contribution is 5.33. The maximum absolute atomic E-state index is 14.5. The third-order valence-corrected chi connectivity index (χ3v) is 6.34. The van der Waals surface area contributed by atoms with E-state index in [1.165, 1.54) is 38.5 Å². The highest BCUT2D eigenvalue weighted by atomic mass is 19.4. The van der Waals surface area contributed by atoms with Gasteiger partial charge in [0.05, 0.1) is 5.56 Å². The average molecular weight is 476 g/mol. The van der Waals surface area contributed by atoms with Crippen LogP contribution in [0.15, 0.2) is 36.4 Å². The number of hydrogen-bond donors (Lipinski definition) is 0. The van der Waals surface area contributed by atoms with Gasteiger partial charge >= 0.3 is 12.3 Å². The molecule has 0 bridgehead atoms. The van der Waals surface area contributed by atoms with Crippen LogP contribution >= 0.6 is 0 Å². The van der Waals surface area contributed by atoms with Gasteiger partial charge in [0.25, 0.3) is 0 Å². The average Bonchev–Trinajstić information content (AvgIpc) is 2.72. The molecule has 3 rings (SSSR count). The number of halogens is 7. The zero-order chi connectivity index (χ0) is 24.2. The third kappa shape index (κ3) is 6.64. The molecule has 1 aliphatic carbocycles. The Bertz CT molecular complexity index is 890. The molecular weight excluding hydrogens is 449 g/mol. The molecular formula is C25H27F7O. The van der Waals surface area contributed by atoms with E-state index in [2.05, 4.69) is 11.7 Å². The fourth-order valence-corrected chi connectivity index (χ4v) is 4.54. The van der Waals surface area contributed by atoms with Gasteiger partial charge in [-0.05, 0) is 42.4 Å². The Morgan fingerprint density at radius 1 is 0.818 bits per heavy atom. The second-order valence-corrected chi connectivity index (χ2v) is 8.79. The second-order valence-electron chi connectivity index (χ2n) is 8.79. The molecule has 0 N–H and O–H groups in total. The first-order valence-corrected chi connectivity index (χ1v) is 11.2. The Balaban J connectivity index is 1.60. The lowest BCUT2D eigenvalue weighted by molar-refractivity contribution is -0.185. The summed E-state index contributed by atoms with van der Waals surface area (Å²) in [6.07, 6.45) is -0.188. The minimum Gasteiger partial charge on any atom is -0.429 e. The highest BCUT2D eigenvalue weighted by Gasteiger charge is 2.40. The number of aryl methyl sites for hydroxylation is 1. The predicted octanol–water partition coefficient (Wildman–Crippen LogP) is 8.65. The fraction of sp³-hybridized carbons (Fsp3) is 0.520. The number of rotatable bonds is 8. The van der Waals surface area contributed by atoms with Crippen molar-refractivity contribution in [1.29, 1.82) is 0 Å². The molecule has 0 aliphatic heterocycles. The van der Waals surface area contributed by atoms with Crippen LogP contribution in [0.2, 0.25) is 0 Å². The van der Waals surface area contributed by atoms with Crippen molar-refractivity contribution in [3.63, 3.8) is 0 Å². The summed E-state index contributed by atoms with van der Waals surface area (Å²) in [6.45, 7) is 2.20. The van der Waals surface area contributed by atoms with Crippen molar-refractivity contribution in [3.8, 4) is 5.75 Å². The van der Waals surface area contributed by atoms with Crippen molar-refractivity contribution in [2.75, 3.05) is 0 Å². The van der Waals surface area contributed by atoms with Crippen LogP contribution < -0.4 is 4.74 Å². The van der Waals surface area contributed by atoms with Gasteiger partial charge in [-0.3, -0.25) is 0 Å². The monoisotopic (exact) mass is 476 g/mol. The van der Waals surface area contributed by atoms with E-state index >= 15 is 0 Å². The maximum atomic E-state index is 14.5. The van der Waals surface area contributed by atoms with Gasteiger partial charge < -0.3 is 4.74 Å².